The lowest BCUT2D eigenvalue weighted by molar-refractivity contribution is -0.115. The topological polar surface area (TPSA) is 135 Å². The molecule has 0 saturated carbocycles. The fraction of sp³-hybridized carbons (Fsp3) is 0.240. The number of anilines is 1. The third kappa shape index (κ3) is 5.92. The number of amidine groups is 2. The molecule has 0 saturated heterocycles. The number of carbonyl (C=O) groups is 2. The standard InChI is InChI=1S/C25H25N5O6S/c1-14(31)27-17-5-7-18(8-6-17)35-9-10-36-22-20(33-3)12-16(13-21(22)34-4)11-19-23(26)30-25(28-24(19)32)37-15(2)29-30/h5-8,11-13,26H,9-10H2,1-4H3,(H,27,31)/b19-11+,26-23?. The Bertz CT molecular complexity index is 1310. The SMILES string of the molecule is COc1cc(/C=C2\C(=N)N3N=C(C)SC3=NC2=O)cc(OC)c1OCCOc1ccc(NC(C)=O)cc1. The molecule has 0 fully saturated rings. The summed E-state index contributed by atoms with van der Waals surface area (Å²) < 4.78 is 22.6. The third-order valence-electron chi connectivity index (χ3n) is 5.12. The van der Waals surface area contributed by atoms with Crippen LogP contribution in [0.15, 0.2) is 52.1 Å². The second kappa shape index (κ2) is 11.2. The van der Waals surface area contributed by atoms with Crippen molar-refractivity contribution in [1.82, 2.24) is 5.01 Å². The van der Waals surface area contributed by atoms with E-state index in [9.17, 15) is 9.59 Å². The van der Waals surface area contributed by atoms with Crippen molar-refractivity contribution in [2.45, 2.75) is 13.8 Å². The molecule has 2 amide bonds. The zero-order chi connectivity index (χ0) is 26.5. The van der Waals surface area contributed by atoms with Gasteiger partial charge in [-0.1, -0.05) is 0 Å². The number of rotatable bonds is 9. The van der Waals surface area contributed by atoms with Crippen LogP contribution < -0.4 is 24.3 Å². The van der Waals surface area contributed by atoms with Gasteiger partial charge in [0.25, 0.3) is 5.91 Å². The Morgan fingerprint density at radius 1 is 1.11 bits per heavy atom. The van der Waals surface area contributed by atoms with Crippen molar-refractivity contribution >= 4 is 51.4 Å². The Hall–Kier alpha value is -4.32. The summed E-state index contributed by atoms with van der Waals surface area (Å²) in [5.41, 5.74) is 1.34. The van der Waals surface area contributed by atoms with Gasteiger partial charge in [-0.25, -0.2) is 0 Å². The zero-order valence-electron chi connectivity index (χ0n) is 20.7. The van der Waals surface area contributed by atoms with E-state index in [1.165, 1.54) is 37.9 Å². The summed E-state index contributed by atoms with van der Waals surface area (Å²) in [6.45, 7) is 3.68. The number of nitrogens with one attached hydrogen (secondary N) is 2. The number of hydrogen-bond donors (Lipinski definition) is 2. The Balaban J connectivity index is 1.46. The molecule has 2 aromatic rings. The van der Waals surface area contributed by atoms with Crippen LogP contribution in [0.3, 0.4) is 0 Å². The van der Waals surface area contributed by atoms with Crippen molar-refractivity contribution in [3.8, 4) is 23.0 Å². The lowest BCUT2D eigenvalue weighted by atomic mass is 10.1. The number of amides is 2. The van der Waals surface area contributed by atoms with Crippen LogP contribution >= 0.6 is 11.8 Å². The van der Waals surface area contributed by atoms with Gasteiger partial charge < -0.3 is 24.3 Å². The molecule has 12 heteroatoms. The molecule has 0 aliphatic carbocycles. The van der Waals surface area contributed by atoms with Crippen molar-refractivity contribution in [2.24, 2.45) is 10.1 Å². The molecule has 2 aliphatic heterocycles. The highest BCUT2D eigenvalue weighted by Gasteiger charge is 2.34. The molecule has 2 heterocycles. The van der Waals surface area contributed by atoms with Crippen LogP contribution in [-0.2, 0) is 9.59 Å². The fourth-order valence-corrected chi connectivity index (χ4v) is 4.26. The van der Waals surface area contributed by atoms with E-state index < -0.39 is 5.91 Å². The number of nitrogens with zero attached hydrogens (tertiary/aromatic N) is 3. The van der Waals surface area contributed by atoms with Gasteiger partial charge in [-0.2, -0.15) is 15.1 Å². The second-order valence-electron chi connectivity index (χ2n) is 7.80. The Kier molecular flexibility index (Phi) is 7.77. The van der Waals surface area contributed by atoms with Crippen molar-refractivity contribution < 1.29 is 28.5 Å². The predicted octanol–water partition coefficient (Wildman–Crippen LogP) is 3.76. The van der Waals surface area contributed by atoms with Gasteiger partial charge in [-0.3, -0.25) is 15.0 Å². The number of aliphatic imine (C=N–C) groups is 1. The van der Waals surface area contributed by atoms with Gasteiger partial charge in [0, 0.05) is 12.6 Å². The van der Waals surface area contributed by atoms with Crippen LogP contribution in [0, 0.1) is 5.41 Å². The van der Waals surface area contributed by atoms with Gasteiger partial charge in [0.15, 0.2) is 17.3 Å². The first kappa shape index (κ1) is 25.8. The molecule has 11 nitrogen and oxygen atoms in total. The van der Waals surface area contributed by atoms with Crippen molar-refractivity contribution in [2.75, 3.05) is 32.8 Å². The monoisotopic (exact) mass is 523 g/mol. The summed E-state index contributed by atoms with van der Waals surface area (Å²) in [6, 6.07) is 10.4. The highest BCUT2D eigenvalue weighted by Crippen LogP contribution is 2.39. The van der Waals surface area contributed by atoms with Crippen LogP contribution in [0.1, 0.15) is 19.4 Å². The highest BCUT2D eigenvalue weighted by atomic mass is 32.2. The maximum Gasteiger partial charge on any atom is 0.283 e. The lowest BCUT2D eigenvalue weighted by Gasteiger charge is -2.20. The fourth-order valence-electron chi connectivity index (χ4n) is 3.52. The molecular weight excluding hydrogens is 498 g/mol. The molecule has 37 heavy (non-hydrogen) atoms. The molecular formula is C25H25N5O6S. The Labute approximate surface area is 217 Å². The van der Waals surface area contributed by atoms with E-state index in [1.54, 1.807) is 49.4 Å². The minimum atomic E-state index is -0.519. The van der Waals surface area contributed by atoms with Gasteiger partial charge in [0.05, 0.1) is 24.8 Å². The van der Waals surface area contributed by atoms with Crippen LogP contribution in [-0.4, -0.2) is 60.3 Å². The number of thioether (sulfide) groups is 1. The minimum Gasteiger partial charge on any atom is -0.493 e. The van der Waals surface area contributed by atoms with Crippen LogP contribution in [0.5, 0.6) is 23.0 Å². The van der Waals surface area contributed by atoms with Crippen molar-refractivity contribution in [3.05, 3.63) is 47.5 Å². The number of ether oxygens (including phenoxy) is 4. The Morgan fingerprint density at radius 3 is 2.38 bits per heavy atom. The molecule has 0 spiro atoms. The second-order valence-corrected chi connectivity index (χ2v) is 8.96. The molecule has 0 aromatic heterocycles. The minimum absolute atomic E-state index is 0.0557. The molecule has 2 aromatic carbocycles. The van der Waals surface area contributed by atoms with Crippen LogP contribution in [0.25, 0.3) is 6.08 Å². The van der Waals surface area contributed by atoms with Crippen molar-refractivity contribution in [3.63, 3.8) is 0 Å². The van der Waals surface area contributed by atoms with Gasteiger partial charge >= 0.3 is 0 Å². The van der Waals surface area contributed by atoms with Gasteiger partial charge in [0.2, 0.25) is 16.8 Å². The zero-order valence-corrected chi connectivity index (χ0v) is 21.5. The quantitative estimate of drug-likeness (QED) is 0.375. The molecule has 4 rings (SSSR count). The first-order valence-corrected chi connectivity index (χ1v) is 12.0. The van der Waals surface area contributed by atoms with E-state index >= 15 is 0 Å². The number of benzene rings is 2. The summed E-state index contributed by atoms with van der Waals surface area (Å²) in [5.74, 6) is 1.05. The summed E-state index contributed by atoms with van der Waals surface area (Å²) in [5, 5.41) is 17.8. The van der Waals surface area contributed by atoms with E-state index in [2.05, 4.69) is 15.4 Å². The third-order valence-corrected chi connectivity index (χ3v) is 5.95. The molecule has 0 bridgehead atoms. The normalized spacial score (nSPS) is 15.7. The van der Waals surface area contributed by atoms with E-state index in [0.717, 1.165) is 0 Å². The summed E-state index contributed by atoms with van der Waals surface area (Å²) >= 11 is 1.25. The van der Waals surface area contributed by atoms with E-state index in [0.29, 0.717) is 44.5 Å². The van der Waals surface area contributed by atoms with E-state index in [-0.39, 0.29) is 30.5 Å². The Morgan fingerprint density at radius 2 is 1.76 bits per heavy atom. The molecule has 0 unspecified atom stereocenters. The molecule has 2 aliphatic rings. The predicted molar refractivity (Wildman–Crippen MR) is 142 cm³/mol. The number of methoxy groups -OCH3 is 2. The van der Waals surface area contributed by atoms with E-state index in [4.69, 9.17) is 24.4 Å². The molecule has 192 valence electrons. The lowest BCUT2D eigenvalue weighted by Crippen LogP contribution is -2.35. The smallest absolute Gasteiger partial charge is 0.283 e. The highest BCUT2D eigenvalue weighted by molar-refractivity contribution is 8.26. The first-order valence-electron chi connectivity index (χ1n) is 11.1. The number of fused-ring (bicyclic) bond motifs is 1. The van der Waals surface area contributed by atoms with Gasteiger partial charge in [-0.05, 0) is 66.7 Å². The number of hydrazone groups is 1. The summed E-state index contributed by atoms with van der Waals surface area (Å²) in [7, 11) is 2.99. The van der Waals surface area contributed by atoms with Gasteiger partial charge in [0.1, 0.15) is 19.0 Å². The molecule has 0 radical (unpaired) electrons. The first-order chi connectivity index (χ1) is 17.8. The van der Waals surface area contributed by atoms with Gasteiger partial charge in [-0.15, -0.1) is 0 Å². The number of hydrogen-bond acceptors (Lipinski definition) is 9. The maximum atomic E-state index is 12.6. The van der Waals surface area contributed by atoms with E-state index in [1.807, 2.05) is 0 Å². The molecule has 0 atom stereocenters. The van der Waals surface area contributed by atoms with Crippen LogP contribution in [0.4, 0.5) is 5.69 Å². The van der Waals surface area contributed by atoms with Crippen LogP contribution in [0.2, 0.25) is 0 Å². The molecule has 2 N–H and O–H groups in total. The average molecular weight is 524 g/mol. The summed E-state index contributed by atoms with van der Waals surface area (Å²) in [6.07, 6.45) is 1.54. The van der Waals surface area contributed by atoms with Crippen molar-refractivity contribution in [1.29, 1.82) is 5.41 Å². The maximum absolute atomic E-state index is 12.6. The average Bonchev–Trinajstić information content (AvgIpc) is 3.25. The summed E-state index contributed by atoms with van der Waals surface area (Å²) in [4.78, 5) is 27.8. The largest absolute Gasteiger partial charge is 0.493 e. The number of carbonyl (C=O) groups excluding carboxylic acids is 2.